The van der Waals surface area contributed by atoms with Gasteiger partial charge in [-0.2, -0.15) is 0 Å². The SMILES string of the molecule is COc1cccc(C(=O)O)c1[Si](C)(C)C. The highest BCUT2D eigenvalue weighted by molar-refractivity contribution is 6.90. The molecule has 0 atom stereocenters. The summed E-state index contributed by atoms with van der Waals surface area (Å²) in [7, 11) is -0.138. The molecule has 0 aliphatic rings. The number of hydrogen-bond acceptors (Lipinski definition) is 2. The Morgan fingerprint density at radius 1 is 1.33 bits per heavy atom. The van der Waals surface area contributed by atoms with Gasteiger partial charge in [-0.05, 0) is 17.3 Å². The Hall–Kier alpha value is -1.29. The van der Waals surface area contributed by atoms with Crippen LogP contribution in [0.25, 0.3) is 0 Å². The first-order valence-corrected chi connectivity index (χ1v) is 8.28. The van der Waals surface area contributed by atoms with Gasteiger partial charge in [-0.1, -0.05) is 25.7 Å². The summed E-state index contributed by atoms with van der Waals surface area (Å²) in [6.07, 6.45) is 0. The Kier molecular flexibility index (Phi) is 3.19. The molecule has 0 saturated carbocycles. The average molecular weight is 224 g/mol. The molecule has 0 saturated heterocycles. The predicted molar refractivity (Wildman–Crippen MR) is 62.9 cm³/mol. The van der Waals surface area contributed by atoms with E-state index in [9.17, 15) is 4.79 Å². The molecule has 1 rings (SSSR count). The first-order chi connectivity index (χ1) is 6.88. The lowest BCUT2D eigenvalue weighted by atomic mass is 10.2. The maximum Gasteiger partial charge on any atom is 0.335 e. The molecule has 15 heavy (non-hydrogen) atoms. The van der Waals surface area contributed by atoms with Crippen LogP contribution in [-0.4, -0.2) is 26.3 Å². The van der Waals surface area contributed by atoms with Gasteiger partial charge in [-0.3, -0.25) is 0 Å². The third-order valence-corrected chi connectivity index (χ3v) is 4.24. The van der Waals surface area contributed by atoms with Crippen molar-refractivity contribution in [2.45, 2.75) is 19.6 Å². The minimum Gasteiger partial charge on any atom is -0.497 e. The summed E-state index contributed by atoms with van der Waals surface area (Å²) in [6, 6.07) is 5.17. The maximum absolute atomic E-state index is 11.1. The maximum atomic E-state index is 11.1. The summed E-state index contributed by atoms with van der Waals surface area (Å²) in [5.41, 5.74) is 0.369. The average Bonchev–Trinajstić information content (AvgIpc) is 2.15. The minimum atomic E-state index is -1.71. The molecule has 1 N–H and O–H groups in total. The molecule has 1 aromatic rings. The smallest absolute Gasteiger partial charge is 0.335 e. The van der Waals surface area contributed by atoms with Crippen molar-refractivity contribution in [3.8, 4) is 5.75 Å². The van der Waals surface area contributed by atoms with Gasteiger partial charge in [0.15, 0.2) is 0 Å². The van der Waals surface area contributed by atoms with Crippen molar-refractivity contribution < 1.29 is 14.6 Å². The van der Waals surface area contributed by atoms with Crippen LogP contribution in [-0.2, 0) is 0 Å². The van der Waals surface area contributed by atoms with Gasteiger partial charge >= 0.3 is 5.97 Å². The van der Waals surface area contributed by atoms with Crippen LogP contribution in [0.3, 0.4) is 0 Å². The highest BCUT2D eigenvalue weighted by Crippen LogP contribution is 2.17. The summed E-state index contributed by atoms with van der Waals surface area (Å²) in [5, 5.41) is 9.99. The molecule has 0 amide bonds. The molecule has 1 aromatic carbocycles. The lowest BCUT2D eigenvalue weighted by molar-refractivity contribution is 0.0698. The molecule has 4 heteroatoms. The van der Waals surface area contributed by atoms with Crippen LogP contribution >= 0.6 is 0 Å². The van der Waals surface area contributed by atoms with E-state index in [0.717, 1.165) is 5.19 Å². The van der Waals surface area contributed by atoms with Crippen LogP contribution in [0.5, 0.6) is 5.75 Å². The zero-order chi connectivity index (χ0) is 11.6. The van der Waals surface area contributed by atoms with Gasteiger partial charge in [0.2, 0.25) is 0 Å². The van der Waals surface area contributed by atoms with E-state index in [4.69, 9.17) is 9.84 Å². The van der Waals surface area contributed by atoms with Gasteiger partial charge in [0, 0.05) is 0 Å². The second-order valence-corrected chi connectivity index (χ2v) is 9.44. The molecule has 0 radical (unpaired) electrons. The fourth-order valence-corrected chi connectivity index (χ4v) is 3.58. The number of ether oxygens (including phenoxy) is 1. The summed E-state index contributed by atoms with van der Waals surface area (Å²) in [4.78, 5) is 11.1. The van der Waals surface area contributed by atoms with E-state index in [-0.39, 0.29) is 0 Å². The third kappa shape index (κ3) is 2.39. The second kappa shape index (κ2) is 4.06. The monoisotopic (exact) mass is 224 g/mol. The molecule has 3 nitrogen and oxygen atoms in total. The largest absolute Gasteiger partial charge is 0.497 e. The first-order valence-electron chi connectivity index (χ1n) is 4.78. The van der Waals surface area contributed by atoms with E-state index < -0.39 is 14.0 Å². The topological polar surface area (TPSA) is 46.5 Å². The van der Waals surface area contributed by atoms with E-state index in [2.05, 4.69) is 19.6 Å². The van der Waals surface area contributed by atoms with E-state index in [1.807, 2.05) is 6.07 Å². The molecule has 0 spiro atoms. The third-order valence-electron chi connectivity index (χ3n) is 2.23. The van der Waals surface area contributed by atoms with Crippen molar-refractivity contribution >= 4 is 19.2 Å². The minimum absolute atomic E-state index is 0.369. The number of carbonyl (C=O) groups is 1. The van der Waals surface area contributed by atoms with Crippen molar-refractivity contribution in [1.29, 1.82) is 0 Å². The number of hydrogen-bond donors (Lipinski definition) is 1. The Balaban J connectivity index is 3.47. The van der Waals surface area contributed by atoms with Crippen molar-refractivity contribution in [3.63, 3.8) is 0 Å². The van der Waals surface area contributed by atoms with E-state index >= 15 is 0 Å². The first kappa shape index (κ1) is 11.8. The predicted octanol–water partition coefficient (Wildman–Crippen LogP) is 1.94. The Morgan fingerprint density at radius 3 is 2.33 bits per heavy atom. The Labute approximate surface area is 90.7 Å². The van der Waals surface area contributed by atoms with Gasteiger partial charge in [-0.25, -0.2) is 4.79 Å². The number of aromatic carboxylic acids is 1. The van der Waals surface area contributed by atoms with Crippen molar-refractivity contribution in [2.75, 3.05) is 7.11 Å². The number of methoxy groups -OCH3 is 1. The number of benzene rings is 1. The molecular formula is C11H16O3Si. The van der Waals surface area contributed by atoms with Crippen molar-refractivity contribution in [2.24, 2.45) is 0 Å². The van der Waals surface area contributed by atoms with Crippen LogP contribution in [0.15, 0.2) is 18.2 Å². The van der Waals surface area contributed by atoms with Crippen LogP contribution in [0.4, 0.5) is 0 Å². The van der Waals surface area contributed by atoms with E-state index in [1.165, 1.54) is 0 Å². The Bertz CT molecular complexity index is 380. The molecule has 0 aliphatic carbocycles. The lowest BCUT2D eigenvalue weighted by Crippen LogP contribution is -2.42. The summed E-state index contributed by atoms with van der Waals surface area (Å²) >= 11 is 0. The molecule has 0 bridgehead atoms. The second-order valence-electron chi connectivity index (χ2n) is 4.44. The fraction of sp³-hybridized carbons (Fsp3) is 0.364. The molecule has 0 fully saturated rings. The van der Waals surface area contributed by atoms with E-state index in [0.29, 0.717) is 11.3 Å². The Morgan fingerprint density at radius 2 is 1.93 bits per heavy atom. The van der Waals surface area contributed by atoms with Crippen molar-refractivity contribution in [1.82, 2.24) is 0 Å². The van der Waals surface area contributed by atoms with Crippen LogP contribution in [0, 0.1) is 0 Å². The molecule has 0 aliphatic heterocycles. The highest BCUT2D eigenvalue weighted by atomic mass is 28.3. The summed E-state index contributed by atoms with van der Waals surface area (Å²) in [6.45, 7) is 6.33. The fourth-order valence-electron chi connectivity index (χ4n) is 1.65. The standard InChI is InChI=1S/C11H16O3Si/c1-14-9-7-5-6-8(11(12)13)10(9)15(2,3)4/h5-7H,1-4H3,(H,12,13). The highest BCUT2D eigenvalue weighted by Gasteiger charge is 2.27. The van der Waals surface area contributed by atoms with Crippen LogP contribution in [0.1, 0.15) is 10.4 Å². The zero-order valence-corrected chi connectivity index (χ0v) is 10.5. The lowest BCUT2D eigenvalue weighted by Gasteiger charge is -2.22. The van der Waals surface area contributed by atoms with Gasteiger partial charge in [0.05, 0.1) is 20.7 Å². The van der Waals surface area contributed by atoms with Crippen LogP contribution < -0.4 is 9.92 Å². The van der Waals surface area contributed by atoms with Gasteiger partial charge in [-0.15, -0.1) is 0 Å². The number of carboxylic acid groups (broad SMARTS) is 1. The number of carboxylic acids is 1. The molecule has 82 valence electrons. The van der Waals surface area contributed by atoms with Gasteiger partial charge in [0.1, 0.15) is 5.75 Å². The summed E-state index contributed by atoms with van der Waals surface area (Å²) < 4.78 is 5.23. The quantitative estimate of drug-likeness (QED) is 0.798. The molecule has 0 heterocycles. The normalized spacial score (nSPS) is 11.2. The molecule has 0 aromatic heterocycles. The molecule has 0 unspecified atom stereocenters. The summed E-state index contributed by atoms with van der Waals surface area (Å²) in [5.74, 6) is -0.194. The number of rotatable bonds is 3. The van der Waals surface area contributed by atoms with Crippen molar-refractivity contribution in [3.05, 3.63) is 23.8 Å². The van der Waals surface area contributed by atoms with Gasteiger partial charge < -0.3 is 9.84 Å². The zero-order valence-electron chi connectivity index (χ0n) is 9.50. The molecular weight excluding hydrogens is 208 g/mol. The van der Waals surface area contributed by atoms with Crippen LogP contribution in [0.2, 0.25) is 19.6 Å². The van der Waals surface area contributed by atoms with Gasteiger partial charge in [0.25, 0.3) is 0 Å². The van der Waals surface area contributed by atoms with E-state index in [1.54, 1.807) is 19.2 Å².